The van der Waals surface area contributed by atoms with Gasteiger partial charge in [0.15, 0.2) is 0 Å². The summed E-state index contributed by atoms with van der Waals surface area (Å²) in [5.41, 5.74) is 0. The Kier molecular flexibility index (Phi) is 3.17. The van der Waals surface area contributed by atoms with Crippen molar-refractivity contribution in [1.82, 2.24) is 0 Å². The Morgan fingerprint density at radius 1 is 1.40 bits per heavy atom. The Bertz CT molecular complexity index is 180. The van der Waals surface area contributed by atoms with Crippen molar-refractivity contribution in [3.63, 3.8) is 0 Å². The molecule has 1 N–H and O–H groups in total. The van der Waals surface area contributed by atoms with Gasteiger partial charge in [0.05, 0.1) is 6.08 Å². The Hall–Kier alpha value is -1.32. The van der Waals surface area contributed by atoms with E-state index in [1.807, 2.05) is 0 Å². The summed E-state index contributed by atoms with van der Waals surface area (Å²) in [6.45, 7) is 2.61. The van der Waals surface area contributed by atoms with Gasteiger partial charge in [-0.3, -0.25) is 4.79 Å². The highest BCUT2D eigenvalue weighted by molar-refractivity contribution is 5.80. The average molecular weight is 144 g/mol. The largest absolute Gasteiger partial charge is 0.478 e. The molecule has 0 spiro atoms. The summed E-state index contributed by atoms with van der Waals surface area (Å²) in [5.74, 6) is -1.56. The van der Waals surface area contributed by atoms with Crippen molar-refractivity contribution in [3.8, 4) is 0 Å². The molecule has 0 aliphatic heterocycles. The third-order valence-corrected chi connectivity index (χ3v) is 0.631. The van der Waals surface area contributed by atoms with Crippen molar-refractivity contribution in [3.05, 3.63) is 11.8 Å². The van der Waals surface area contributed by atoms with Crippen LogP contribution in [0.5, 0.6) is 0 Å². The van der Waals surface area contributed by atoms with Crippen molar-refractivity contribution in [2.75, 3.05) is 0 Å². The van der Waals surface area contributed by atoms with E-state index in [0.717, 1.165) is 6.08 Å². The SMILES string of the molecule is CC(=O)O/C(C)=C\C(=O)O. The molecular weight excluding hydrogens is 136 g/mol. The number of rotatable bonds is 2. The molecule has 0 aromatic carbocycles. The first-order valence-electron chi connectivity index (χ1n) is 2.62. The predicted octanol–water partition coefficient (Wildman–Crippen LogP) is 0.538. The number of carbonyl (C=O) groups excluding carboxylic acids is 1. The lowest BCUT2D eigenvalue weighted by molar-refractivity contribution is -0.137. The number of carboxylic acid groups (broad SMARTS) is 1. The molecule has 0 aromatic rings. The number of aliphatic carboxylic acids is 1. The molecule has 0 saturated carbocycles. The highest BCUT2D eigenvalue weighted by Crippen LogP contribution is 1.94. The molecule has 0 fully saturated rings. The van der Waals surface area contributed by atoms with E-state index in [2.05, 4.69) is 4.74 Å². The van der Waals surface area contributed by atoms with E-state index < -0.39 is 11.9 Å². The molecule has 0 saturated heterocycles. The van der Waals surface area contributed by atoms with Crippen LogP contribution in [-0.4, -0.2) is 17.0 Å². The van der Waals surface area contributed by atoms with Crippen molar-refractivity contribution in [2.24, 2.45) is 0 Å². The highest BCUT2D eigenvalue weighted by atomic mass is 16.5. The molecule has 0 heterocycles. The first kappa shape index (κ1) is 8.68. The summed E-state index contributed by atoms with van der Waals surface area (Å²) in [4.78, 5) is 20.1. The Morgan fingerprint density at radius 2 is 1.90 bits per heavy atom. The zero-order valence-electron chi connectivity index (χ0n) is 5.75. The molecule has 4 heteroatoms. The van der Waals surface area contributed by atoms with E-state index in [-0.39, 0.29) is 5.76 Å². The molecule has 0 rings (SSSR count). The molecule has 0 unspecified atom stereocenters. The number of ether oxygens (including phenoxy) is 1. The standard InChI is InChI=1S/C6H8O4/c1-4(3-6(8)9)10-5(2)7/h3H,1-2H3,(H,8,9)/b4-3-. The summed E-state index contributed by atoms with van der Waals surface area (Å²) in [6.07, 6.45) is 0.821. The van der Waals surface area contributed by atoms with Crippen LogP contribution in [-0.2, 0) is 14.3 Å². The second-order valence-corrected chi connectivity index (χ2v) is 1.69. The zero-order chi connectivity index (χ0) is 8.15. The van der Waals surface area contributed by atoms with E-state index in [0.29, 0.717) is 0 Å². The normalized spacial score (nSPS) is 10.8. The number of carboxylic acids is 1. The van der Waals surface area contributed by atoms with Gasteiger partial charge in [-0.1, -0.05) is 0 Å². The minimum absolute atomic E-state index is 0.0833. The van der Waals surface area contributed by atoms with Crippen LogP contribution in [0.1, 0.15) is 13.8 Å². The van der Waals surface area contributed by atoms with Crippen LogP contribution in [0.15, 0.2) is 11.8 Å². The summed E-state index contributed by atoms with van der Waals surface area (Å²) in [7, 11) is 0. The molecule has 0 aromatic heterocycles. The lowest BCUT2D eigenvalue weighted by Gasteiger charge is -1.96. The maximum atomic E-state index is 10.2. The summed E-state index contributed by atoms with van der Waals surface area (Å²) < 4.78 is 4.40. The second-order valence-electron chi connectivity index (χ2n) is 1.69. The van der Waals surface area contributed by atoms with Crippen LogP contribution in [0.25, 0.3) is 0 Å². The fourth-order valence-electron chi connectivity index (χ4n) is 0.430. The first-order chi connectivity index (χ1) is 4.52. The molecule has 0 bridgehead atoms. The van der Waals surface area contributed by atoms with Gasteiger partial charge in [-0.05, 0) is 6.92 Å². The number of allylic oxidation sites excluding steroid dienone is 1. The molecule has 0 amide bonds. The minimum atomic E-state index is -1.13. The Morgan fingerprint density at radius 3 is 2.20 bits per heavy atom. The fraction of sp³-hybridized carbons (Fsp3) is 0.333. The van der Waals surface area contributed by atoms with Gasteiger partial charge in [-0.2, -0.15) is 0 Å². The molecule has 0 aliphatic carbocycles. The van der Waals surface area contributed by atoms with Crippen molar-refractivity contribution < 1.29 is 19.4 Å². The van der Waals surface area contributed by atoms with Gasteiger partial charge >= 0.3 is 11.9 Å². The van der Waals surface area contributed by atoms with Gasteiger partial charge in [-0.25, -0.2) is 4.79 Å². The van der Waals surface area contributed by atoms with Gasteiger partial charge < -0.3 is 9.84 Å². The average Bonchev–Trinajstić information content (AvgIpc) is 1.58. The maximum Gasteiger partial charge on any atom is 0.331 e. The maximum absolute atomic E-state index is 10.2. The molecule has 56 valence electrons. The first-order valence-corrected chi connectivity index (χ1v) is 2.62. The van der Waals surface area contributed by atoms with Gasteiger partial charge in [0.2, 0.25) is 0 Å². The molecule has 0 atom stereocenters. The van der Waals surface area contributed by atoms with E-state index >= 15 is 0 Å². The monoisotopic (exact) mass is 144 g/mol. The molecule has 10 heavy (non-hydrogen) atoms. The van der Waals surface area contributed by atoms with Crippen LogP contribution in [0.2, 0.25) is 0 Å². The summed E-state index contributed by atoms with van der Waals surface area (Å²) >= 11 is 0. The van der Waals surface area contributed by atoms with E-state index in [1.165, 1.54) is 13.8 Å². The minimum Gasteiger partial charge on any atom is -0.478 e. The van der Waals surface area contributed by atoms with E-state index in [1.54, 1.807) is 0 Å². The second kappa shape index (κ2) is 3.66. The van der Waals surface area contributed by atoms with Crippen LogP contribution >= 0.6 is 0 Å². The number of hydrogen-bond donors (Lipinski definition) is 1. The van der Waals surface area contributed by atoms with Gasteiger partial charge in [0.1, 0.15) is 5.76 Å². The van der Waals surface area contributed by atoms with Gasteiger partial charge in [-0.15, -0.1) is 0 Å². The number of esters is 1. The van der Waals surface area contributed by atoms with Crippen LogP contribution in [0, 0.1) is 0 Å². The van der Waals surface area contributed by atoms with Crippen molar-refractivity contribution in [1.29, 1.82) is 0 Å². The van der Waals surface area contributed by atoms with E-state index in [9.17, 15) is 9.59 Å². The summed E-state index contributed by atoms with van der Waals surface area (Å²) in [5, 5.41) is 8.13. The Balaban J connectivity index is 3.95. The molecule has 0 aliphatic rings. The molecule has 0 radical (unpaired) electrons. The lowest BCUT2D eigenvalue weighted by Crippen LogP contribution is -1.98. The molecule has 4 nitrogen and oxygen atoms in total. The predicted molar refractivity (Wildman–Crippen MR) is 33.2 cm³/mol. The van der Waals surface area contributed by atoms with Crippen molar-refractivity contribution >= 4 is 11.9 Å². The van der Waals surface area contributed by atoms with Gasteiger partial charge in [0, 0.05) is 6.92 Å². The zero-order valence-corrected chi connectivity index (χ0v) is 5.75. The third kappa shape index (κ3) is 4.83. The van der Waals surface area contributed by atoms with Crippen LogP contribution in [0.3, 0.4) is 0 Å². The summed E-state index contributed by atoms with van der Waals surface area (Å²) in [6, 6.07) is 0. The highest BCUT2D eigenvalue weighted by Gasteiger charge is 1.96. The Labute approximate surface area is 58.1 Å². The molecular formula is C6H8O4. The van der Waals surface area contributed by atoms with Crippen LogP contribution in [0.4, 0.5) is 0 Å². The quantitative estimate of drug-likeness (QED) is 0.349. The van der Waals surface area contributed by atoms with Gasteiger partial charge in [0.25, 0.3) is 0 Å². The van der Waals surface area contributed by atoms with E-state index in [4.69, 9.17) is 5.11 Å². The van der Waals surface area contributed by atoms with Crippen LogP contribution < -0.4 is 0 Å². The fourth-order valence-corrected chi connectivity index (χ4v) is 0.430. The number of hydrogen-bond acceptors (Lipinski definition) is 3. The topological polar surface area (TPSA) is 63.6 Å². The third-order valence-electron chi connectivity index (χ3n) is 0.631. The number of carbonyl (C=O) groups is 2. The van der Waals surface area contributed by atoms with Crippen molar-refractivity contribution in [2.45, 2.75) is 13.8 Å². The lowest BCUT2D eigenvalue weighted by atomic mass is 10.5. The smallest absolute Gasteiger partial charge is 0.331 e.